The van der Waals surface area contributed by atoms with Crippen LogP contribution in [0.15, 0.2) is 48.8 Å². The van der Waals surface area contributed by atoms with Gasteiger partial charge in [0, 0.05) is 36.2 Å². The molecule has 2 aromatic rings. The van der Waals surface area contributed by atoms with Gasteiger partial charge in [-0.25, -0.2) is 0 Å². The van der Waals surface area contributed by atoms with E-state index in [-0.39, 0.29) is 11.9 Å². The number of hydrogen-bond donors (Lipinski definition) is 1. The Hall–Kier alpha value is -2.36. The molecule has 1 aromatic carbocycles. The number of hydrogen-bond acceptors (Lipinski definition) is 3. The number of benzene rings is 1. The Kier molecular flexibility index (Phi) is 4.35. The van der Waals surface area contributed by atoms with Crippen LogP contribution < -0.4 is 5.73 Å². The maximum absolute atomic E-state index is 12.6. The van der Waals surface area contributed by atoms with Crippen molar-refractivity contribution < 1.29 is 4.79 Å². The largest absolute Gasteiger partial charge is 0.399 e. The molecule has 1 amide bonds. The molecule has 2 N–H and O–H groups in total. The quantitative estimate of drug-likeness (QED) is 0.868. The Labute approximate surface area is 119 Å². The van der Waals surface area contributed by atoms with Crippen LogP contribution in [0.5, 0.6) is 0 Å². The molecule has 0 aliphatic carbocycles. The van der Waals surface area contributed by atoms with Gasteiger partial charge in [0.1, 0.15) is 0 Å². The second kappa shape index (κ2) is 6.19. The highest BCUT2D eigenvalue weighted by molar-refractivity contribution is 5.95. The number of anilines is 1. The monoisotopic (exact) mass is 269 g/mol. The molecule has 2 rings (SSSR count). The third-order valence-electron chi connectivity index (χ3n) is 3.09. The minimum atomic E-state index is -0.0175. The zero-order valence-corrected chi connectivity index (χ0v) is 11.8. The smallest absolute Gasteiger partial charge is 0.254 e. The lowest BCUT2D eigenvalue weighted by Gasteiger charge is -2.27. The van der Waals surface area contributed by atoms with E-state index in [1.165, 1.54) is 0 Å². The Morgan fingerprint density at radius 2 is 2.10 bits per heavy atom. The van der Waals surface area contributed by atoms with Gasteiger partial charge in [0.05, 0.1) is 0 Å². The van der Waals surface area contributed by atoms with Crippen LogP contribution in [0.1, 0.15) is 29.8 Å². The lowest BCUT2D eigenvalue weighted by atomic mass is 10.1. The minimum Gasteiger partial charge on any atom is -0.399 e. The van der Waals surface area contributed by atoms with Crippen molar-refractivity contribution in [2.75, 3.05) is 5.73 Å². The van der Waals surface area contributed by atoms with Crippen LogP contribution in [0.4, 0.5) is 5.69 Å². The molecule has 1 aromatic heterocycles. The number of pyridine rings is 1. The van der Waals surface area contributed by atoms with E-state index < -0.39 is 0 Å². The zero-order chi connectivity index (χ0) is 14.5. The summed E-state index contributed by atoms with van der Waals surface area (Å²) in [7, 11) is 0. The minimum absolute atomic E-state index is 0.0175. The average molecular weight is 269 g/mol. The fourth-order valence-electron chi connectivity index (χ4n) is 2.01. The number of nitrogens with two attached hydrogens (primary N) is 1. The normalized spacial score (nSPS) is 10.6. The van der Waals surface area contributed by atoms with E-state index in [0.717, 1.165) is 5.56 Å². The van der Waals surface area contributed by atoms with Crippen LogP contribution in [0.25, 0.3) is 0 Å². The molecule has 0 saturated carbocycles. The molecule has 104 valence electrons. The lowest BCUT2D eigenvalue weighted by Crippen LogP contribution is -2.36. The second-order valence-corrected chi connectivity index (χ2v) is 5.01. The Balaban J connectivity index is 2.23. The summed E-state index contributed by atoms with van der Waals surface area (Å²) >= 11 is 0. The number of amides is 1. The van der Waals surface area contributed by atoms with Crippen LogP contribution in [-0.4, -0.2) is 21.8 Å². The maximum Gasteiger partial charge on any atom is 0.254 e. The molecule has 0 unspecified atom stereocenters. The van der Waals surface area contributed by atoms with E-state index in [1.54, 1.807) is 36.7 Å². The van der Waals surface area contributed by atoms with Gasteiger partial charge in [-0.15, -0.1) is 0 Å². The SMILES string of the molecule is CC(C)N(Cc1cccnc1)C(=O)c1cccc(N)c1. The van der Waals surface area contributed by atoms with Gasteiger partial charge < -0.3 is 10.6 Å². The van der Waals surface area contributed by atoms with Crippen molar-refractivity contribution in [3.63, 3.8) is 0 Å². The lowest BCUT2D eigenvalue weighted by molar-refractivity contribution is 0.0690. The number of rotatable bonds is 4. The van der Waals surface area contributed by atoms with Crippen molar-refractivity contribution in [3.8, 4) is 0 Å². The number of nitrogen functional groups attached to an aromatic ring is 1. The number of carbonyl (C=O) groups excluding carboxylic acids is 1. The van der Waals surface area contributed by atoms with Gasteiger partial charge in [-0.1, -0.05) is 12.1 Å². The Morgan fingerprint density at radius 3 is 2.70 bits per heavy atom. The molecule has 20 heavy (non-hydrogen) atoms. The summed E-state index contributed by atoms with van der Waals surface area (Å²) < 4.78 is 0. The topological polar surface area (TPSA) is 59.2 Å². The molecule has 0 atom stereocenters. The highest BCUT2D eigenvalue weighted by Gasteiger charge is 2.19. The summed E-state index contributed by atoms with van der Waals surface area (Å²) in [5.74, 6) is -0.0175. The van der Waals surface area contributed by atoms with Gasteiger partial charge in [0.2, 0.25) is 0 Å². The number of aromatic nitrogens is 1. The van der Waals surface area contributed by atoms with Gasteiger partial charge in [0.15, 0.2) is 0 Å². The van der Waals surface area contributed by atoms with E-state index in [2.05, 4.69) is 4.98 Å². The second-order valence-electron chi connectivity index (χ2n) is 5.01. The van der Waals surface area contributed by atoms with Crippen molar-refractivity contribution in [1.82, 2.24) is 9.88 Å². The summed E-state index contributed by atoms with van der Waals surface area (Å²) in [6, 6.07) is 11.0. The van der Waals surface area contributed by atoms with Gasteiger partial charge in [-0.3, -0.25) is 9.78 Å². The van der Waals surface area contributed by atoms with Crippen LogP contribution in [-0.2, 0) is 6.54 Å². The van der Waals surface area contributed by atoms with Crippen molar-refractivity contribution in [2.45, 2.75) is 26.4 Å². The molecular formula is C16H19N3O. The molecule has 0 spiro atoms. The van der Waals surface area contributed by atoms with Crippen molar-refractivity contribution in [3.05, 3.63) is 59.9 Å². The van der Waals surface area contributed by atoms with Crippen molar-refractivity contribution in [1.29, 1.82) is 0 Å². The molecule has 0 aliphatic rings. The molecule has 0 saturated heterocycles. The first-order chi connectivity index (χ1) is 9.58. The Bertz CT molecular complexity index is 581. The van der Waals surface area contributed by atoms with E-state index in [9.17, 15) is 4.79 Å². The van der Waals surface area contributed by atoms with E-state index in [1.807, 2.05) is 30.9 Å². The third-order valence-corrected chi connectivity index (χ3v) is 3.09. The van der Waals surface area contributed by atoms with Gasteiger partial charge in [-0.05, 0) is 43.7 Å². The summed E-state index contributed by atoms with van der Waals surface area (Å²) in [6.07, 6.45) is 3.50. The molecule has 4 heteroatoms. The van der Waals surface area contributed by atoms with Crippen molar-refractivity contribution in [2.24, 2.45) is 0 Å². The molecule has 4 nitrogen and oxygen atoms in total. The highest BCUT2D eigenvalue weighted by atomic mass is 16.2. The predicted octanol–water partition coefficient (Wildman–Crippen LogP) is 2.71. The average Bonchev–Trinajstić information content (AvgIpc) is 2.45. The van der Waals surface area contributed by atoms with Gasteiger partial charge in [0.25, 0.3) is 5.91 Å². The summed E-state index contributed by atoms with van der Waals surface area (Å²) in [5.41, 5.74) is 7.97. The summed E-state index contributed by atoms with van der Waals surface area (Å²) in [5, 5.41) is 0. The summed E-state index contributed by atoms with van der Waals surface area (Å²) in [4.78, 5) is 18.5. The van der Waals surface area contributed by atoms with Gasteiger partial charge >= 0.3 is 0 Å². The molecule has 0 radical (unpaired) electrons. The fraction of sp³-hybridized carbons (Fsp3) is 0.250. The first-order valence-corrected chi connectivity index (χ1v) is 6.63. The molecule has 0 bridgehead atoms. The Morgan fingerprint density at radius 1 is 1.30 bits per heavy atom. The molecule has 0 fully saturated rings. The van der Waals surface area contributed by atoms with Gasteiger partial charge in [-0.2, -0.15) is 0 Å². The predicted molar refractivity (Wildman–Crippen MR) is 80.1 cm³/mol. The van der Waals surface area contributed by atoms with E-state index >= 15 is 0 Å². The van der Waals surface area contributed by atoms with Crippen LogP contribution in [0, 0.1) is 0 Å². The summed E-state index contributed by atoms with van der Waals surface area (Å²) in [6.45, 7) is 4.54. The van der Waals surface area contributed by atoms with E-state index in [4.69, 9.17) is 5.73 Å². The molecular weight excluding hydrogens is 250 g/mol. The molecule has 1 heterocycles. The standard InChI is InChI=1S/C16H19N3O/c1-12(2)19(11-13-5-4-8-18-10-13)16(20)14-6-3-7-15(17)9-14/h3-10,12H,11,17H2,1-2H3. The highest BCUT2D eigenvalue weighted by Crippen LogP contribution is 2.14. The first-order valence-electron chi connectivity index (χ1n) is 6.63. The van der Waals surface area contributed by atoms with E-state index in [0.29, 0.717) is 17.8 Å². The maximum atomic E-state index is 12.6. The number of carbonyl (C=O) groups is 1. The van der Waals surface area contributed by atoms with Crippen LogP contribution >= 0.6 is 0 Å². The zero-order valence-electron chi connectivity index (χ0n) is 11.8. The van der Waals surface area contributed by atoms with Crippen LogP contribution in [0.3, 0.4) is 0 Å². The van der Waals surface area contributed by atoms with Crippen molar-refractivity contribution >= 4 is 11.6 Å². The first kappa shape index (κ1) is 14.1. The van der Waals surface area contributed by atoms with Crippen LogP contribution in [0.2, 0.25) is 0 Å². The third kappa shape index (κ3) is 3.35. The molecule has 0 aliphatic heterocycles. The fourth-order valence-corrected chi connectivity index (χ4v) is 2.01. The number of nitrogens with zero attached hydrogens (tertiary/aromatic N) is 2.